The van der Waals surface area contributed by atoms with Crippen LogP contribution in [0.25, 0.3) is 15.9 Å². The molecule has 0 spiro atoms. The van der Waals surface area contributed by atoms with E-state index in [2.05, 4.69) is 16.8 Å². The van der Waals surface area contributed by atoms with Gasteiger partial charge in [-0.1, -0.05) is 25.1 Å². The Morgan fingerprint density at radius 3 is 2.86 bits per heavy atom. The van der Waals surface area contributed by atoms with Crippen LogP contribution in [0.3, 0.4) is 0 Å². The van der Waals surface area contributed by atoms with Gasteiger partial charge in [0.2, 0.25) is 0 Å². The third-order valence-electron chi connectivity index (χ3n) is 4.32. The Bertz CT molecular complexity index is 882. The van der Waals surface area contributed by atoms with Gasteiger partial charge in [0.05, 0.1) is 11.1 Å². The Balaban J connectivity index is 1.91. The van der Waals surface area contributed by atoms with E-state index >= 15 is 0 Å². The highest BCUT2D eigenvalue weighted by Crippen LogP contribution is 2.32. The normalized spacial score (nSPS) is 15.1. The molecule has 0 atom stereocenters. The van der Waals surface area contributed by atoms with E-state index in [0.29, 0.717) is 0 Å². The summed E-state index contributed by atoms with van der Waals surface area (Å²) in [6, 6.07) is 9.70. The summed E-state index contributed by atoms with van der Waals surface area (Å²) in [6.07, 6.45) is 2.60. The van der Waals surface area contributed by atoms with Crippen molar-refractivity contribution >= 4 is 21.6 Å². The van der Waals surface area contributed by atoms with Crippen LogP contribution in [0.2, 0.25) is 0 Å². The summed E-state index contributed by atoms with van der Waals surface area (Å²) in [6.45, 7) is 5.20. The topological polar surface area (TPSA) is 38.1 Å². The fourth-order valence-corrected chi connectivity index (χ4v) is 4.30. The smallest absolute Gasteiger partial charge is 0.266 e. The molecule has 0 unspecified atom stereocenters. The van der Waals surface area contributed by atoms with Gasteiger partial charge in [-0.05, 0) is 30.7 Å². The van der Waals surface area contributed by atoms with Crippen molar-refractivity contribution < 1.29 is 0 Å². The first kappa shape index (κ1) is 13.7. The number of hydrogen-bond acceptors (Lipinski definition) is 4. The van der Waals surface area contributed by atoms with Crippen molar-refractivity contribution in [1.29, 1.82) is 0 Å². The SMILES string of the molecule is CCN1CCc2c(sc3ncn(-c4ccccc4)c(=O)c23)C1. The molecule has 0 bridgehead atoms. The minimum absolute atomic E-state index is 0.0543. The van der Waals surface area contributed by atoms with Crippen LogP contribution in [-0.2, 0) is 13.0 Å². The van der Waals surface area contributed by atoms with Gasteiger partial charge in [0.15, 0.2) is 0 Å². The number of thiophene rings is 1. The molecule has 2 aromatic heterocycles. The van der Waals surface area contributed by atoms with Gasteiger partial charge in [-0.2, -0.15) is 0 Å². The van der Waals surface area contributed by atoms with Crippen LogP contribution in [0.5, 0.6) is 0 Å². The van der Waals surface area contributed by atoms with Crippen LogP contribution in [0, 0.1) is 0 Å². The first-order valence-electron chi connectivity index (χ1n) is 7.57. The zero-order chi connectivity index (χ0) is 15.1. The predicted octanol–water partition coefficient (Wildman–Crippen LogP) is 2.83. The summed E-state index contributed by atoms with van der Waals surface area (Å²) in [7, 11) is 0. The van der Waals surface area contributed by atoms with Crippen molar-refractivity contribution in [1.82, 2.24) is 14.5 Å². The van der Waals surface area contributed by atoms with Gasteiger partial charge in [-0.3, -0.25) is 14.3 Å². The third kappa shape index (κ3) is 2.09. The van der Waals surface area contributed by atoms with Gasteiger partial charge in [-0.15, -0.1) is 11.3 Å². The largest absolute Gasteiger partial charge is 0.298 e. The van der Waals surface area contributed by atoms with E-state index in [1.54, 1.807) is 22.2 Å². The molecule has 0 saturated carbocycles. The number of para-hydroxylation sites is 1. The fraction of sp³-hybridized carbons (Fsp3) is 0.294. The third-order valence-corrected chi connectivity index (χ3v) is 5.45. The Kier molecular flexibility index (Phi) is 3.32. The molecule has 0 aliphatic carbocycles. The highest BCUT2D eigenvalue weighted by Gasteiger charge is 2.23. The highest BCUT2D eigenvalue weighted by molar-refractivity contribution is 7.18. The molecule has 5 heteroatoms. The van der Waals surface area contributed by atoms with Crippen molar-refractivity contribution in [2.45, 2.75) is 19.9 Å². The number of fused-ring (bicyclic) bond motifs is 3. The van der Waals surface area contributed by atoms with Crippen molar-refractivity contribution in [3.8, 4) is 5.69 Å². The predicted molar refractivity (Wildman–Crippen MR) is 89.9 cm³/mol. The van der Waals surface area contributed by atoms with Gasteiger partial charge >= 0.3 is 0 Å². The summed E-state index contributed by atoms with van der Waals surface area (Å²) in [5.74, 6) is 0. The Hall–Kier alpha value is -1.98. The van der Waals surface area contributed by atoms with E-state index in [1.165, 1.54) is 10.4 Å². The lowest BCUT2D eigenvalue weighted by Gasteiger charge is -2.24. The second-order valence-corrected chi connectivity index (χ2v) is 6.64. The van der Waals surface area contributed by atoms with Crippen LogP contribution in [0.4, 0.5) is 0 Å². The van der Waals surface area contributed by atoms with Crippen molar-refractivity contribution in [3.63, 3.8) is 0 Å². The zero-order valence-electron chi connectivity index (χ0n) is 12.5. The van der Waals surface area contributed by atoms with Crippen molar-refractivity contribution in [2.75, 3.05) is 13.1 Å². The summed E-state index contributed by atoms with van der Waals surface area (Å²) in [5.41, 5.74) is 2.14. The van der Waals surface area contributed by atoms with Gasteiger partial charge in [-0.25, -0.2) is 4.98 Å². The number of likely N-dealkylation sites (N-methyl/N-ethyl adjacent to an activating group) is 1. The second kappa shape index (κ2) is 5.34. The number of hydrogen-bond donors (Lipinski definition) is 0. The molecule has 22 heavy (non-hydrogen) atoms. The average molecular weight is 311 g/mol. The lowest BCUT2D eigenvalue weighted by Crippen LogP contribution is -2.30. The summed E-state index contributed by atoms with van der Waals surface area (Å²) in [5, 5.41) is 0.821. The Labute approximate surface area is 132 Å². The maximum absolute atomic E-state index is 12.9. The van der Waals surface area contributed by atoms with Crippen LogP contribution in [0.15, 0.2) is 41.5 Å². The molecule has 1 aromatic carbocycles. The molecule has 0 amide bonds. The number of nitrogens with zero attached hydrogens (tertiary/aromatic N) is 3. The number of aromatic nitrogens is 2. The molecular weight excluding hydrogens is 294 g/mol. The lowest BCUT2D eigenvalue weighted by molar-refractivity contribution is 0.272. The van der Waals surface area contributed by atoms with Crippen LogP contribution < -0.4 is 5.56 Å². The monoisotopic (exact) mass is 311 g/mol. The average Bonchev–Trinajstić information content (AvgIpc) is 2.94. The maximum atomic E-state index is 12.9. The second-order valence-electron chi connectivity index (χ2n) is 5.56. The standard InChI is InChI=1S/C17H17N3OS/c1-2-19-9-8-13-14(10-19)22-16-15(13)17(21)20(11-18-16)12-6-4-3-5-7-12/h3-7,11H,2,8-10H2,1H3. The molecule has 0 radical (unpaired) electrons. The molecule has 3 aromatic rings. The molecule has 1 aliphatic heterocycles. The summed E-state index contributed by atoms with van der Waals surface area (Å²) < 4.78 is 1.65. The zero-order valence-corrected chi connectivity index (χ0v) is 13.3. The Morgan fingerprint density at radius 1 is 1.27 bits per heavy atom. The first-order chi connectivity index (χ1) is 10.8. The molecule has 4 rings (SSSR count). The number of rotatable bonds is 2. The highest BCUT2D eigenvalue weighted by atomic mass is 32.1. The minimum atomic E-state index is 0.0543. The van der Waals surface area contributed by atoms with Gasteiger partial charge < -0.3 is 0 Å². The summed E-state index contributed by atoms with van der Waals surface area (Å²) >= 11 is 1.67. The van der Waals surface area contributed by atoms with Gasteiger partial charge in [0.25, 0.3) is 5.56 Å². The van der Waals surface area contributed by atoms with Crippen molar-refractivity contribution in [3.05, 3.63) is 57.5 Å². The van der Waals surface area contributed by atoms with Crippen LogP contribution in [-0.4, -0.2) is 27.5 Å². The molecule has 4 nitrogen and oxygen atoms in total. The van der Waals surface area contributed by atoms with Gasteiger partial charge in [0.1, 0.15) is 11.2 Å². The van der Waals surface area contributed by atoms with Crippen molar-refractivity contribution in [2.24, 2.45) is 0 Å². The van der Waals surface area contributed by atoms with E-state index in [1.807, 2.05) is 30.3 Å². The molecule has 0 saturated heterocycles. The van der Waals surface area contributed by atoms with Crippen LogP contribution in [0.1, 0.15) is 17.4 Å². The Morgan fingerprint density at radius 2 is 2.09 bits per heavy atom. The quantitative estimate of drug-likeness (QED) is 0.730. The summed E-state index contributed by atoms with van der Waals surface area (Å²) in [4.78, 5) is 22.1. The molecular formula is C17H17N3OS. The molecule has 0 fully saturated rings. The molecule has 112 valence electrons. The van der Waals surface area contributed by atoms with Gasteiger partial charge in [0, 0.05) is 18.0 Å². The first-order valence-corrected chi connectivity index (χ1v) is 8.39. The molecule has 3 heterocycles. The molecule has 1 aliphatic rings. The van der Waals surface area contributed by atoms with E-state index in [4.69, 9.17) is 0 Å². The van der Waals surface area contributed by atoms with E-state index in [-0.39, 0.29) is 5.56 Å². The maximum Gasteiger partial charge on any atom is 0.266 e. The minimum Gasteiger partial charge on any atom is -0.298 e. The van der Waals surface area contributed by atoms with E-state index in [9.17, 15) is 4.79 Å². The van der Waals surface area contributed by atoms with E-state index in [0.717, 1.165) is 42.0 Å². The van der Waals surface area contributed by atoms with Crippen LogP contribution >= 0.6 is 11.3 Å². The fourth-order valence-electron chi connectivity index (χ4n) is 3.08. The van der Waals surface area contributed by atoms with E-state index < -0.39 is 0 Å². The lowest BCUT2D eigenvalue weighted by atomic mass is 10.1. The number of benzene rings is 1. The molecule has 0 N–H and O–H groups in total.